The average Bonchev–Trinajstić information content (AvgIpc) is 2.78. The van der Waals surface area contributed by atoms with Crippen molar-refractivity contribution in [2.75, 3.05) is 25.1 Å². The quantitative estimate of drug-likeness (QED) is 0.707. The Balaban J connectivity index is 1.47. The number of benzene rings is 2. The first-order valence-corrected chi connectivity index (χ1v) is 12.2. The minimum atomic E-state index is -3.83. The molecule has 0 saturated carbocycles. The normalized spacial score (nSPS) is 27.0. The van der Waals surface area contributed by atoms with Crippen LogP contribution >= 0.6 is 0 Å². The number of aliphatic hydroxyl groups is 1. The van der Waals surface area contributed by atoms with Crippen molar-refractivity contribution >= 4 is 21.6 Å². The number of fused-ring (bicyclic) bond motifs is 1. The number of hydrogen-bond acceptors (Lipinski definition) is 6. The topological polar surface area (TPSA) is 105 Å². The molecule has 0 bridgehead atoms. The number of para-hydroxylation sites is 1. The lowest BCUT2D eigenvalue weighted by molar-refractivity contribution is -0.144. The van der Waals surface area contributed by atoms with Crippen LogP contribution in [0, 0.1) is 0 Å². The van der Waals surface area contributed by atoms with Crippen LogP contribution in [-0.2, 0) is 24.3 Å². The summed E-state index contributed by atoms with van der Waals surface area (Å²) in [4.78, 5) is 12.6. The number of carbonyl (C=O) groups is 1. The fourth-order valence-electron chi connectivity index (χ4n) is 4.24. The van der Waals surface area contributed by atoms with Gasteiger partial charge in [0.15, 0.2) is 0 Å². The number of aliphatic hydroxyl groups excluding tert-OH is 1. The highest BCUT2D eigenvalue weighted by atomic mass is 32.2. The summed E-state index contributed by atoms with van der Waals surface area (Å²) in [5.41, 5.74) is 0.717. The average molecular weight is 461 g/mol. The zero-order valence-electron chi connectivity index (χ0n) is 17.7. The van der Waals surface area contributed by atoms with E-state index in [2.05, 4.69) is 5.32 Å². The minimum Gasteiger partial charge on any atom is -0.389 e. The van der Waals surface area contributed by atoms with E-state index < -0.39 is 28.3 Å². The zero-order valence-corrected chi connectivity index (χ0v) is 18.5. The fourth-order valence-corrected chi connectivity index (χ4v) is 5.98. The van der Waals surface area contributed by atoms with E-state index in [4.69, 9.17) is 9.47 Å². The monoisotopic (exact) mass is 460 g/mol. The first-order valence-electron chi connectivity index (χ1n) is 10.8. The first-order chi connectivity index (χ1) is 15.4. The first kappa shape index (κ1) is 22.9. The lowest BCUT2D eigenvalue weighted by Crippen LogP contribution is -2.57. The lowest BCUT2D eigenvalue weighted by atomic mass is 9.96. The highest BCUT2D eigenvalue weighted by Crippen LogP contribution is 2.31. The van der Waals surface area contributed by atoms with Crippen LogP contribution in [0.4, 0.5) is 5.69 Å². The molecule has 0 radical (unpaired) electrons. The number of carbonyl (C=O) groups excluding carboxylic acids is 1. The molecule has 2 aliphatic heterocycles. The zero-order chi connectivity index (χ0) is 22.6. The van der Waals surface area contributed by atoms with E-state index in [0.717, 1.165) is 5.69 Å². The molecule has 4 atom stereocenters. The molecule has 0 aromatic heterocycles. The summed E-state index contributed by atoms with van der Waals surface area (Å²) in [6.45, 7) is 0.104. The number of nitrogens with one attached hydrogen (secondary N) is 1. The van der Waals surface area contributed by atoms with Crippen LogP contribution in [0.15, 0.2) is 65.6 Å². The minimum absolute atomic E-state index is 0.0204. The van der Waals surface area contributed by atoms with Crippen molar-refractivity contribution in [3.8, 4) is 0 Å². The summed E-state index contributed by atoms with van der Waals surface area (Å²) in [6, 6.07) is 16.9. The number of anilines is 1. The highest BCUT2D eigenvalue weighted by Gasteiger charge is 2.43. The molecule has 0 unspecified atom stereocenters. The number of nitrogens with zero attached hydrogens (tertiary/aromatic N) is 1. The van der Waals surface area contributed by atoms with Gasteiger partial charge in [0.2, 0.25) is 15.9 Å². The lowest BCUT2D eigenvalue weighted by Gasteiger charge is -2.43. The molecule has 2 saturated heterocycles. The second-order valence-corrected chi connectivity index (χ2v) is 10.0. The van der Waals surface area contributed by atoms with Gasteiger partial charge >= 0.3 is 0 Å². The molecule has 2 N–H and O–H groups in total. The van der Waals surface area contributed by atoms with Gasteiger partial charge in [0, 0.05) is 12.2 Å². The molecule has 2 fully saturated rings. The summed E-state index contributed by atoms with van der Waals surface area (Å²) in [5, 5.41) is 13.1. The third-order valence-electron chi connectivity index (χ3n) is 5.75. The van der Waals surface area contributed by atoms with Crippen LogP contribution in [0.5, 0.6) is 0 Å². The van der Waals surface area contributed by atoms with Crippen LogP contribution < -0.4 is 5.32 Å². The fraction of sp³-hybridized carbons (Fsp3) is 0.435. The van der Waals surface area contributed by atoms with E-state index in [1.165, 1.54) is 4.31 Å². The second-order valence-electron chi connectivity index (χ2n) is 8.14. The molecule has 1 amide bonds. The molecule has 0 aliphatic carbocycles. The smallest absolute Gasteiger partial charge is 0.243 e. The SMILES string of the molecule is O=C(C[C@H]1CC[C@@H]2[C@H](COC[C@@H](O)CN2S(=O)(=O)c2ccccc2)O1)Nc1ccccc1. The molecule has 8 nitrogen and oxygen atoms in total. The van der Waals surface area contributed by atoms with Crippen LogP contribution in [-0.4, -0.2) is 67.8 Å². The van der Waals surface area contributed by atoms with E-state index in [1.54, 1.807) is 30.3 Å². The number of ether oxygens (including phenoxy) is 2. The largest absolute Gasteiger partial charge is 0.389 e. The van der Waals surface area contributed by atoms with E-state index in [-0.39, 0.29) is 43.1 Å². The van der Waals surface area contributed by atoms with Crippen LogP contribution in [0.25, 0.3) is 0 Å². The van der Waals surface area contributed by atoms with Gasteiger partial charge in [-0.2, -0.15) is 4.31 Å². The maximum atomic E-state index is 13.4. The van der Waals surface area contributed by atoms with Crippen molar-refractivity contribution in [3.63, 3.8) is 0 Å². The Morgan fingerprint density at radius 1 is 1.03 bits per heavy atom. The maximum absolute atomic E-state index is 13.4. The van der Waals surface area contributed by atoms with E-state index in [1.807, 2.05) is 30.3 Å². The van der Waals surface area contributed by atoms with Crippen molar-refractivity contribution in [2.45, 2.75) is 48.5 Å². The predicted molar refractivity (Wildman–Crippen MR) is 119 cm³/mol. The van der Waals surface area contributed by atoms with Gasteiger partial charge in [-0.15, -0.1) is 0 Å². The summed E-state index contributed by atoms with van der Waals surface area (Å²) < 4.78 is 39.8. The van der Waals surface area contributed by atoms with Crippen LogP contribution in [0.1, 0.15) is 19.3 Å². The molecule has 2 aromatic carbocycles. The van der Waals surface area contributed by atoms with Crippen LogP contribution in [0.2, 0.25) is 0 Å². The van der Waals surface area contributed by atoms with Gasteiger partial charge in [-0.1, -0.05) is 36.4 Å². The molecule has 2 aliphatic rings. The van der Waals surface area contributed by atoms with Crippen molar-refractivity contribution in [3.05, 3.63) is 60.7 Å². The Morgan fingerprint density at radius 3 is 2.44 bits per heavy atom. The standard InChI is InChI=1S/C23H28N2O6S/c26-18-14-25(32(28,29)20-9-5-2-6-10-20)21-12-11-19(31-22(21)16-30-15-18)13-23(27)24-17-7-3-1-4-8-17/h1-10,18-19,21-22,26H,11-16H2,(H,24,27)/t18-,19+,21+,22-/m0/s1. The summed E-state index contributed by atoms with van der Waals surface area (Å²) >= 11 is 0. The van der Waals surface area contributed by atoms with Crippen molar-refractivity contribution in [1.82, 2.24) is 4.31 Å². The number of amides is 1. The third kappa shape index (κ3) is 5.36. The van der Waals surface area contributed by atoms with Gasteiger partial charge in [-0.25, -0.2) is 8.42 Å². The third-order valence-corrected chi connectivity index (χ3v) is 7.66. The summed E-state index contributed by atoms with van der Waals surface area (Å²) in [7, 11) is -3.83. The number of hydrogen-bond donors (Lipinski definition) is 2. The summed E-state index contributed by atoms with van der Waals surface area (Å²) in [6.07, 6.45) is -0.579. The van der Waals surface area contributed by atoms with E-state index >= 15 is 0 Å². The van der Waals surface area contributed by atoms with E-state index in [0.29, 0.717) is 12.8 Å². The number of β-amino-alcohol motifs (C(OH)–C–C–N with tert-alkyl or cyclic N) is 1. The molecule has 0 spiro atoms. The molecule has 2 heterocycles. The molecule has 9 heteroatoms. The molecule has 172 valence electrons. The maximum Gasteiger partial charge on any atom is 0.243 e. The van der Waals surface area contributed by atoms with Gasteiger partial charge in [-0.3, -0.25) is 4.79 Å². The molecule has 2 aromatic rings. The van der Waals surface area contributed by atoms with Gasteiger partial charge in [0.25, 0.3) is 0 Å². The Hall–Kier alpha value is -2.30. The second kappa shape index (κ2) is 10.1. The van der Waals surface area contributed by atoms with Gasteiger partial charge in [0.1, 0.15) is 0 Å². The van der Waals surface area contributed by atoms with Crippen molar-refractivity contribution in [2.24, 2.45) is 0 Å². The molecule has 32 heavy (non-hydrogen) atoms. The Labute approximate surface area is 188 Å². The summed E-state index contributed by atoms with van der Waals surface area (Å²) in [5.74, 6) is -0.157. The number of sulfonamides is 1. The van der Waals surface area contributed by atoms with E-state index in [9.17, 15) is 18.3 Å². The Morgan fingerprint density at radius 2 is 1.72 bits per heavy atom. The van der Waals surface area contributed by atoms with Crippen molar-refractivity contribution < 1.29 is 27.8 Å². The molecular weight excluding hydrogens is 432 g/mol. The predicted octanol–water partition coefficient (Wildman–Crippen LogP) is 2.01. The van der Waals surface area contributed by atoms with Gasteiger partial charge in [-0.05, 0) is 37.1 Å². The van der Waals surface area contributed by atoms with Gasteiger partial charge in [0.05, 0.1) is 48.9 Å². The van der Waals surface area contributed by atoms with Crippen LogP contribution in [0.3, 0.4) is 0 Å². The molecular formula is C23H28N2O6S. The van der Waals surface area contributed by atoms with Crippen molar-refractivity contribution in [1.29, 1.82) is 0 Å². The Bertz CT molecular complexity index is 1000. The highest BCUT2D eigenvalue weighted by molar-refractivity contribution is 7.89. The number of rotatable bonds is 5. The van der Waals surface area contributed by atoms with Gasteiger partial charge < -0.3 is 19.9 Å². The molecule has 4 rings (SSSR count). The Kier molecular flexibility index (Phi) is 7.22.